The lowest BCUT2D eigenvalue weighted by molar-refractivity contribution is 0.280. The molecule has 0 saturated carbocycles. The van der Waals surface area contributed by atoms with Crippen molar-refractivity contribution < 1.29 is 9.84 Å². The molecule has 2 rings (SSSR count). The van der Waals surface area contributed by atoms with E-state index in [1.807, 2.05) is 37.3 Å². The van der Waals surface area contributed by atoms with Crippen LogP contribution in [-0.4, -0.2) is 21.6 Å². The summed E-state index contributed by atoms with van der Waals surface area (Å²) in [5, 5.41) is 12.3. The van der Waals surface area contributed by atoms with Gasteiger partial charge in [0, 0.05) is 18.3 Å². The average Bonchev–Trinajstić information content (AvgIpc) is 2.51. The number of rotatable bonds is 7. The number of ether oxygens (including phenoxy) is 1. The van der Waals surface area contributed by atoms with Gasteiger partial charge in [-0.05, 0) is 31.0 Å². The number of aliphatic hydroxyl groups excluding tert-OH is 1. The highest BCUT2D eigenvalue weighted by Crippen LogP contribution is 2.14. The van der Waals surface area contributed by atoms with Crippen molar-refractivity contribution >= 4 is 5.82 Å². The molecule has 0 aliphatic heterocycles. The molecule has 112 valence electrons. The van der Waals surface area contributed by atoms with Gasteiger partial charge in [-0.3, -0.25) is 0 Å². The summed E-state index contributed by atoms with van der Waals surface area (Å²) in [5.74, 6) is 2.22. The molecule has 5 heteroatoms. The summed E-state index contributed by atoms with van der Waals surface area (Å²) in [6.45, 7) is 5.30. The summed E-state index contributed by atoms with van der Waals surface area (Å²) in [6, 6.07) is 9.26. The molecule has 0 fully saturated rings. The maximum absolute atomic E-state index is 9.00. The van der Waals surface area contributed by atoms with Crippen LogP contribution in [0, 0.1) is 6.92 Å². The quantitative estimate of drug-likeness (QED) is 0.819. The van der Waals surface area contributed by atoms with Gasteiger partial charge in [0.15, 0.2) is 5.82 Å². The molecule has 5 nitrogen and oxygen atoms in total. The van der Waals surface area contributed by atoms with Crippen molar-refractivity contribution in [3.63, 3.8) is 0 Å². The number of nitrogens with one attached hydrogen (secondary N) is 1. The maximum atomic E-state index is 9.00. The van der Waals surface area contributed by atoms with E-state index in [9.17, 15) is 0 Å². The van der Waals surface area contributed by atoms with Crippen molar-refractivity contribution in [3.05, 3.63) is 47.4 Å². The minimum atomic E-state index is 0.0354. The van der Waals surface area contributed by atoms with Gasteiger partial charge in [0.2, 0.25) is 0 Å². The Balaban J connectivity index is 1.99. The molecule has 1 aromatic carbocycles. The van der Waals surface area contributed by atoms with Crippen LogP contribution in [-0.2, 0) is 13.2 Å². The van der Waals surface area contributed by atoms with Crippen LogP contribution in [0.4, 0.5) is 5.82 Å². The number of aryl methyl sites for hydroxylation is 1. The van der Waals surface area contributed by atoms with Crippen LogP contribution in [0.15, 0.2) is 30.3 Å². The van der Waals surface area contributed by atoms with Crippen LogP contribution in [0.3, 0.4) is 0 Å². The zero-order chi connectivity index (χ0) is 15.1. The van der Waals surface area contributed by atoms with Gasteiger partial charge in [0.25, 0.3) is 0 Å². The molecule has 0 amide bonds. The zero-order valence-corrected chi connectivity index (χ0v) is 12.5. The minimum absolute atomic E-state index is 0.0354. The number of aromatic nitrogens is 2. The fraction of sp³-hybridized carbons (Fsp3) is 0.375. The van der Waals surface area contributed by atoms with Crippen LogP contribution in [0.25, 0.3) is 0 Å². The van der Waals surface area contributed by atoms with Crippen molar-refractivity contribution in [1.82, 2.24) is 9.97 Å². The smallest absolute Gasteiger partial charge is 0.168 e. The average molecular weight is 287 g/mol. The lowest BCUT2D eigenvalue weighted by atomic mass is 10.2. The second kappa shape index (κ2) is 7.59. The lowest BCUT2D eigenvalue weighted by Gasteiger charge is -2.09. The first kappa shape index (κ1) is 15.3. The SMILES string of the molecule is CCCNc1cc(C)nc(COc2ccc(CO)cc2)n1. The molecule has 0 aliphatic rings. The third kappa shape index (κ3) is 4.72. The molecule has 1 heterocycles. The fourth-order valence-corrected chi connectivity index (χ4v) is 1.88. The Labute approximate surface area is 125 Å². The van der Waals surface area contributed by atoms with Crippen LogP contribution in [0.1, 0.15) is 30.4 Å². The summed E-state index contributed by atoms with van der Waals surface area (Å²) >= 11 is 0. The van der Waals surface area contributed by atoms with Gasteiger partial charge >= 0.3 is 0 Å². The summed E-state index contributed by atoms with van der Waals surface area (Å²) in [5.41, 5.74) is 1.78. The molecule has 0 unspecified atom stereocenters. The third-order valence-electron chi connectivity index (χ3n) is 2.93. The van der Waals surface area contributed by atoms with Gasteiger partial charge in [-0.25, -0.2) is 9.97 Å². The number of benzene rings is 1. The van der Waals surface area contributed by atoms with Crippen molar-refractivity contribution in [2.75, 3.05) is 11.9 Å². The van der Waals surface area contributed by atoms with Crippen LogP contribution < -0.4 is 10.1 Å². The predicted octanol–water partition coefficient (Wildman–Crippen LogP) is 2.68. The molecule has 0 saturated heterocycles. The Morgan fingerprint density at radius 2 is 1.95 bits per heavy atom. The largest absolute Gasteiger partial charge is 0.486 e. The van der Waals surface area contributed by atoms with Crippen molar-refractivity contribution in [2.45, 2.75) is 33.5 Å². The maximum Gasteiger partial charge on any atom is 0.168 e. The molecule has 0 spiro atoms. The normalized spacial score (nSPS) is 10.4. The summed E-state index contributed by atoms with van der Waals surface area (Å²) in [4.78, 5) is 8.81. The highest BCUT2D eigenvalue weighted by Gasteiger charge is 2.03. The van der Waals surface area contributed by atoms with E-state index in [4.69, 9.17) is 9.84 Å². The topological polar surface area (TPSA) is 67.3 Å². The zero-order valence-electron chi connectivity index (χ0n) is 12.5. The second-order valence-electron chi connectivity index (χ2n) is 4.83. The van der Waals surface area contributed by atoms with E-state index >= 15 is 0 Å². The van der Waals surface area contributed by atoms with E-state index in [2.05, 4.69) is 22.2 Å². The third-order valence-corrected chi connectivity index (χ3v) is 2.93. The van der Waals surface area contributed by atoms with Gasteiger partial charge in [-0.2, -0.15) is 0 Å². The van der Waals surface area contributed by atoms with Crippen molar-refractivity contribution in [3.8, 4) is 5.75 Å². The number of anilines is 1. The van der Waals surface area contributed by atoms with E-state index in [0.29, 0.717) is 12.4 Å². The fourth-order valence-electron chi connectivity index (χ4n) is 1.88. The predicted molar refractivity (Wildman–Crippen MR) is 82.2 cm³/mol. The molecule has 0 radical (unpaired) electrons. The first-order chi connectivity index (χ1) is 10.2. The molecule has 1 aromatic heterocycles. The van der Waals surface area contributed by atoms with Crippen LogP contribution in [0.2, 0.25) is 0 Å². The minimum Gasteiger partial charge on any atom is -0.486 e. The number of nitrogens with zero attached hydrogens (tertiary/aromatic N) is 2. The standard InChI is InChI=1S/C16H21N3O2/c1-3-8-17-15-9-12(2)18-16(19-15)11-21-14-6-4-13(10-20)5-7-14/h4-7,9,20H,3,8,10-11H2,1-2H3,(H,17,18,19). The van der Waals surface area contributed by atoms with Gasteiger partial charge in [0.1, 0.15) is 18.2 Å². The molecular formula is C16H21N3O2. The van der Waals surface area contributed by atoms with Gasteiger partial charge in [-0.1, -0.05) is 19.1 Å². The van der Waals surface area contributed by atoms with Crippen molar-refractivity contribution in [2.24, 2.45) is 0 Å². The molecule has 0 aliphatic carbocycles. The molecule has 2 N–H and O–H groups in total. The van der Waals surface area contributed by atoms with Crippen LogP contribution >= 0.6 is 0 Å². The number of aliphatic hydroxyl groups is 1. The van der Waals surface area contributed by atoms with E-state index in [0.717, 1.165) is 35.8 Å². The van der Waals surface area contributed by atoms with E-state index < -0.39 is 0 Å². The van der Waals surface area contributed by atoms with E-state index in [-0.39, 0.29) is 6.61 Å². The Morgan fingerprint density at radius 1 is 1.19 bits per heavy atom. The first-order valence-electron chi connectivity index (χ1n) is 7.12. The summed E-state index contributed by atoms with van der Waals surface area (Å²) in [6.07, 6.45) is 1.05. The van der Waals surface area contributed by atoms with Crippen LogP contribution in [0.5, 0.6) is 5.75 Å². The van der Waals surface area contributed by atoms with Gasteiger partial charge in [0.05, 0.1) is 6.61 Å². The first-order valence-corrected chi connectivity index (χ1v) is 7.12. The number of hydrogen-bond acceptors (Lipinski definition) is 5. The summed E-state index contributed by atoms with van der Waals surface area (Å²) < 4.78 is 5.67. The van der Waals surface area contributed by atoms with E-state index in [1.54, 1.807) is 0 Å². The molecule has 0 bridgehead atoms. The summed E-state index contributed by atoms with van der Waals surface area (Å²) in [7, 11) is 0. The highest BCUT2D eigenvalue weighted by atomic mass is 16.5. The second-order valence-corrected chi connectivity index (χ2v) is 4.83. The molecule has 2 aromatic rings. The Bertz CT molecular complexity index is 570. The van der Waals surface area contributed by atoms with Gasteiger partial charge in [-0.15, -0.1) is 0 Å². The van der Waals surface area contributed by atoms with Gasteiger partial charge < -0.3 is 15.2 Å². The molecule has 21 heavy (non-hydrogen) atoms. The number of hydrogen-bond donors (Lipinski definition) is 2. The Hall–Kier alpha value is -2.14. The van der Waals surface area contributed by atoms with Crippen molar-refractivity contribution in [1.29, 1.82) is 0 Å². The highest BCUT2D eigenvalue weighted by molar-refractivity contribution is 5.35. The Morgan fingerprint density at radius 3 is 2.62 bits per heavy atom. The molecule has 0 atom stereocenters. The van der Waals surface area contributed by atoms with E-state index in [1.165, 1.54) is 0 Å². The monoisotopic (exact) mass is 287 g/mol. The Kier molecular flexibility index (Phi) is 5.51. The lowest BCUT2D eigenvalue weighted by Crippen LogP contribution is -2.08. The molecular weight excluding hydrogens is 266 g/mol.